The zero-order valence-corrected chi connectivity index (χ0v) is 5.92. The van der Waals surface area contributed by atoms with E-state index in [0.717, 1.165) is 0 Å². The summed E-state index contributed by atoms with van der Waals surface area (Å²) in [5.41, 5.74) is 0. The van der Waals surface area contributed by atoms with Gasteiger partial charge in [-0.05, 0) is 0 Å². The average Bonchev–Trinajstić information content (AvgIpc) is 2.32. The van der Waals surface area contributed by atoms with Gasteiger partial charge in [0.1, 0.15) is 24.4 Å². The lowest BCUT2D eigenvalue weighted by Gasteiger charge is -2.18. The highest BCUT2D eigenvalue weighted by Gasteiger charge is 2.38. The van der Waals surface area contributed by atoms with Crippen molar-refractivity contribution in [3.63, 3.8) is 0 Å². The fourth-order valence-electron chi connectivity index (χ4n) is 1.07. The van der Waals surface area contributed by atoms with Crippen molar-refractivity contribution in [2.24, 2.45) is 0 Å². The minimum Gasteiger partial charge on any atom is -0.394 e. The molecule has 0 aliphatic carbocycles. The van der Waals surface area contributed by atoms with Crippen molar-refractivity contribution in [1.82, 2.24) is 0 Å². The normalized spacial score (nSPS) is 40.9. The van der Waals surface area contributed by atoms with Gasteiger partial charge in [0.2, 0.25) is 0 Å². The maximum absolute atomic E-state index is 9.11. The van der Waals surface area contributed by atoms with Crippen LogP contribution in [0.4, 0.5) is 0 Å². The van der Waals surface area contributed by atoms with Gasteiger partial charge < -0.3 is 25.2 Å². The first-order valence-electron chi connectivity index (χ1n) is 3.43. The van der Waals surface area contributed by atoms with Crippen LogP contribution < -0.4 is 0 Å². The van der Waals surface area contributed by atoms with Gasteiger partial charge in [-0.3, -0.25) is 0 Å². The maximum Gasteiger partial charge on any atom is 0.114 e. The van der Waals surface area contributed by atoms with Crippen molar-refractivity contribution in [3.8, 4) is 0 Å². The van der Waals surface area contributed by atoms with Gasteiger partial charge in [0.05, 0.1) is 13.2 Å². The van der Waals surface area contributed by atoms with Crippen LogP contribution in [0, 0.1) is 0 Å². The van der Waals surface area contributed by atoms with E-state index in [0.29, 0.717) is 0 Å². The molecule has 0 aromatic heterocycles. The molecule has 0 radical (unpaired) electrons. The molecule has 1 heterocycles. The number of aliphatic hydroxyl groups is 4. The lowest BCUT2D eigenvalue weighted by Crippen LogP contribution is -2.40. The summed E-state index contributed by atoms with van der Waals surface area (Å²) in [6, 6.07) is 0. The molecule has 5 heteroatoms. The number of hydrogen-bond acceptors (Lipinski definition) is 5. The lowest BCUT2D eigenvalue weighted by atomic mass is 10.1. The second-order valence-electron chi connectivity index (χ2n) is 2.61. The molecule has 0 unspecified atom stereocenters. The van der Waals surface area contributed by atoms with Gasteiger partial charge in [0.25, 0.3) is 0 Å². The fourth-order valence-corrected chi connectivity index (χ4v) is 1.07. The molecule has 66 valence electrons. The first-order valence-corrected chi connectivity index (χ1v) is 3.43. The smallest absolute Gasteiger partial charge is 0.114 e. The second-order valence-corrected chi connectivity index (χ2v) is 2.61. The lowest BCUT2D eigenvalue weighted by molar-refractivity contribution is -0.0684. The molecule has 1 rings (SSSR count). The maximum atomic E-state index is 9.11. The molecular formula is C6H12O5. The zero-order valence-electron chi connectivity index (χ0n) is 5.92. The predicted octanol–water partition coefficient (Wildman–Crippen LogP) is -2.54. The van der Waals surface area contributed by atoms with Crippen molar-refractivity contribution in [2.75, 3.05) is 13.2 Å². The van der Waals surface area contributed by atoms with E-state index in [1.807, 2.05) is 0 Å². The van der Waals surface area contributed by atoms with E-state index in [-0.39, 0.29) is 6.61 Å². The van der Waals surface area contributed by atoms with E-state index in [4.69, 9.17) is 25.2 Å². The number of ether oxygens (including phenoxy) is 1. The van der Waals surface area contributed by atoms with Gasteiger partial charge in [0.15, 0.2) is 0 Å². The first kappa shape index (κ1) is 8.89. The summed E-state index contributed by atoms with van der Waals surface area (Å²) in [4.78, 5) is 0. The summed E-state index contributed by atoms with van der Waals surface area (Å²) in [5.74, 6) is 0. The molecule has 1 aliphatic heterocycles. The summed E-state index contributed by atoms with van der Waals surface area (Å²) in [6.07, 6.45) is -4.05. The SMILES string of the molecule is OC[C@@H](O)[C@H]1OC[C@@H](O)[C@H]1O. The van der Waals surface area contributed by atoms with Gasteiger partial charge in [-0.1, -0.05) is 0 Å². The first-order chi connectivity index (χ1) is 5.16. The standard InChI is InChI=1S/C6H12O5/c7-1-3(8)6-5(10)4(9)2-11-6/h3-10H,1-2H2/t3-,4-,5-,6-/m1/s1. The number of hydrogen-bond donors (Lipinski definition) is 4. The molecule has 0 aromatic rings. The van der Waals surface area contributed by atoms with Crippen LogP contribution in [-0.4, -0.2) is 58.1 Å². The van der Waals surface area contributed by atoms with Crippen LogP contribution in [-0.2, 0) is 4.74 Å². The summed E-state index contributed by atoms with van der Waals surface area (Å²) in [7, 11) is 0. The molecule has 0 bridgehead atoms. The van der Waals surface area contributed by atoms with Crippen LogP contribution in [0.2, 0.25) is 0 Å². The van der Waals surface area contributed by atoms with Gasteiger partial charge >= 0.3 is 0 Å². The topological polar surface area (TPSA) is 90.2 Å². The Kier molecular flexibility index (Phi) is 2.80. The molecule has 4 N–H and O–H groups in total. The molecule has 0 aromatic carbocycles. The van der Waals surface area contributed by atoms with Crippen LogP contribution in [0.3, 0.4) is 0 Å². The molecule has 1 fully saturated rings. The van der Waals surface area contributed by atoms with Crippen LogP contribution in [0.25, 0.3) is 0 Å². The zero-order chi connectivity index (χ0) is 8.43. The molecule has 0 amide bonds. The predicted molar refractivity (Wildman–Crippen MR) is 34.8 cm³/mol. The minimum absolute atomic E-state index is 0.00287. The van der Waals surface area contributed by atoms with E-state index in [2.05, 4.69) is 0 Å². The largest absolute Gasteiger partial charge is 0.394 e. The molecular weight excluding hydrogens is 152 g/mol. The van der Waals surface area contributed by atoms with Gasteiger partial charge in [-0.25, -0.2) is 0 Å². The van der Waals surface area contributed by atoms with Gasteiger partial charge in [0, 0.05) is 0 Å². The third kappa shape index (κ3) is 1.69. The summed E-state index contributed by atoms with van der Waals surface area (Å²) < 4.78 is 4.82. The third-order valence-electron chi connectivity index (χ3n) is 1.76. The van der Waals surface area contributed by atoms with Crippen molar-refractivity contribution < 1.29 is 25.2 Å². The van der Waals surface area contributed by atoms with Crippen LogP contribution in [0.15, 0.2) is 0 Å². The van der Waals surface area contributed by atoms with Crippen molar-refractivity contribution in [1.29, 1.82) is 0 Å². The third-order valence-corrected chi connectivity index (χ3v) is 1.76. The Labute approximate surface area is 63.8 Å². The molecule has 4 atom stereocenters. The quantitative estimate of drug-likeness (QED) is 0.361. The molecule has 0 spiro atoms. The highest BCUT2D eigenvalue weighted by molar-refractivity contribution is 4.87. The molecule has 1 aliphatic rings. The Bertz CT molecular complexity index is 128. The van der Waals surface area contributed by atoms with Crippen LogP contribution in [0.1, 0.15) is 0 Å². The second kappa shape index (κ2) is 3.46. The van der Waals surface area contributed by atoms with Gasteiger partial charge in [-0.2, -0.15) is 0 Å². The summed E-state index contributed by atoms with van der Waals surface area (Å²) >= 11 is 0. The Hall–Kier alpha value is -0.200. The van der Waals surface area contributed by atoms with Gasteiger partial charge in [-0.15, -0.1) is 0 Å². The van der Waals surface area contributed by atoms with E-state index in [9.17, 15) is 0 Å². The minimum atomic E-state index is -1.12. The number of aliphatic hydroxyl groups excluding tert-OH is 4. The molecule has 11 heavy (non-hydrogen) atoms. The molecule has 5 nitrogen and oxygen atoms in total. The van der Waals surface area contributed by atoms with E-state index < -0.39 is 31.0 Å². The van der Waals surface area contributed by atoms with E-state index >= 15 is 0 Å². The summed E-state index contributed by atoms with van der Waals surface area (Å²) in [6.45, 7) is -0.475. The molecule has 1 saturated heterocycles. The van der Waals surface area contributed by atoms with Crippen LogP contribution >= 0.6 is 0 Å². The van der Waals surface area contributed by atoms with Crippen LogP contribution in [0.5, 0.6) is 0 Å². The monoisotopic (exact) mass is 164 g/mol. The van der Waals surface area contributed by atoms with E-state index in [1.54, 1.807) is 0 Å². The Morgan fingerprint density at radius 2 is 2.09 bits per heavy atom. The highest BCUT2D eigenvalue weighted by atomic mass is 16.5. The average molecular weight is 164 g/mol. The Balaban J connectivity index is 2.47. The van der Waals surface area contributed by atoms with Crippen molar-refractivity contribution in [2.45, 2.75) is 24.4 Å². The highest BCUT2D eigenvalue weighted by Crippen LogP contribution is 2.16. The van der Waals surface area contributed by atoms with Crippen molar-refractivity contribution >= 4 is 0 Å². The Morgan fingerprint density at radius 1 is 1.45 bits per heavy atom. The molecule has 0 saturated carbocycles. The van der Waals surface area contributed by atoms with Crippen molar-refractivity contribution in [3.05, 3.63) is 0 Å². The number of rotatable bonds is 2. The fraction of sp³-hybridized carbons (Fsp3) is 1.00. The Morgan fingerprint density at radius 3 is 2.45 bits per heavy atom. The van der Waals surface area contributed by atoms with E-state index in [1.165, 1.54) is 0 Å². The summed E-state index contributed by atoms with van der Waals surface area (Å²) in [5, 5.41) is 35.5.